The number of nitrogens with zero attached hydrogens (tertiary/aromatic N) is 1. The van der Waals surface area contributed by atoms with Crippen LogP contribution in [0.15, 0.2) is 48.5 Å². The van der Waals surface area contributed by atoms with E-state index in [1.165, 1.54) is 0 Å². The molecule has 1 aliphatic carbocycles. The monoisotopic (exact) mass is 394 g/mol. The number of carbonyl (C=O) groups excluding carboxylic acids is 1. The molecule has 1 saturated heterocycles. The van der Waals surface area contributed by atoms with Crippen molar-refractivity contribution in [2.45, 2.75) is 45.4 Å². The largest absolute Gasteiger partial charge is 0.299 e. The molecule has 28 heavy (non-hydrogen) atoms. The molecule has 1 amide bonds. The minimum atomic E-state index is -0.586. The Kier molecular flexibility index (Phi) is 4.62. The summed E-state index contributed by atoms with van der Waals surface area (Å²) in [6, 6.07) is 16.1. The lowest BCUT2D eigenvalue weighted by molar-refractivity contribution is -0.132. The lowest BCUT2D eigenvalue weighted by atomic mass is 9.73. The van der Waals surface area contributed by atoms with E-state index in [1.807, 2.05) is 30.3 Å². The Morgan fingerprint density at radius 1 is 1.11 bits per heavy atom. The molecular formula is C24H27ClN2O. The van der Waals surface area contributed by atoms with Crippen molar-refractivity contribution in [1.29, 1.82) is 5.41 Å². The van der Waals surface area contributed by atoms with Crippen molar-refractivity contribution in [3.8, 4) is 11.1 Å². The summed E-state index contributed by atoms with van der Waals surface area (Å²) in [7, 11) is 0. The van der Waals surface area contributed by atoms with Gasteiger partial charge in [-0.25, -0.2) is 0 Å². The molecule has 2 aliphatic rings. The van der Waals surface area contributed by atoms with Gasteiger partial charge in [0.25, 0.3) is 0 Å². The summed E-state index contributed by atoms with van der Waals surface area (Å²) in [5.41, 5.74) is 2.53. The second-order valence-electron chi connectivity index (χ2n) is 9.41. The minimum Gasteiger partial charge on any atom is -0.299 e. The average Bonchev–Trinajstić information content (AvgIpc) is 3.45. The Hall–Kier alpha value is -2.13. The van der Waals surface area contributed by atoms with E-state index >= 15 is 0 Å². The van der Waals surface area contributed by atoms with Crippen LogP contribution in [0.25, 0.3) is 11.1 Å². The van der Waals surface area contributed by atoms with Crippen LogP contribution in [-0.4, -0.2) is 23.2 Å². The number of likely N-dealkylation sites (tertiary alicyclic amines) is 1. The zero-order valence-corrected chi connectivity index (χ0v) is 17.5. The lowest BCUT2D eigenvalue weighted by Crippen LogP contribution is -2.43. The first-order valence-corrected chi connectivity index (χ1v) is 10.3. The number of amides is 1. The zero-order chi connectivity index (χ0) is 20.1. The Balaban J connectivity index is 1.76. The third-order valence-corrected chi connectivity index (χ3v) is 6.08. The molecule has 4 heteroatoms. The highest BCUT2D eigenvalue weighted by Crippen LogP contribution is 2.54. The normalized spacial score (nSPS) is 22.8. The zero-order valence-electron chi connectivity index (χ0n) is 16.8. The van der Waals surface area contributed by atoms with Crippen LogP contribution in [0.4, 0.5) is 0 Å². The molecule has 1 heterocycles. The third kappa shape index (κ3) is 3.37. The van der Waals surface area contributed by atoms with Gasteiger partial charge in [0.05, 0.1) is 5.41 Å². The van der Waals surface area contributed by atoms with Crippen LogP contribution in [-0.2, 0) is 10.2 Å². The quantitative estimate of drug-likeness (QED) is 0.688. The molecule has 1 N–H and O–H groups in total. The highest BCUT2D eigenvalue weighted by Gasteiger charge is 2.59. The molecule has 0 spiro atoms. The van der Waals surface area contributed by atoms with E-state index < -0.39 is 5.41 Å². The summed E-state index contributed by atoms with van der Waals surface area (Å²) in [6.07, 6.45) is 2.62. The van der Waals surface area contributed by atoms with Gasteiger partial charge in [0.1, 0.15) is 5.84 Å². The van der Waals surface area contributed by atoms with Gasteiger partial charge < -0.3 is 0 Å². The Labute approximate surface area is 172 Å². The standard InChI is InChI=1S/C24H27ClN2O/c1-23(2,3)15-27-21(26)14-24(22(27)28,18-10-11-18)19-8-4-6-16(12-19)17-7-5-9-20(25)13-17/h4-9,12-13,18,26H,10-11,14-15H2,1-3H3. The second-order valence-corrected chi connectivity index (χ2v) is 9.85. The number of benzene rings is 2. The van der Waals surface area contributed by atoms with Gasteiger partial charge in [-0.05, 0) is 53.0 Å². The molecule has 1 aliphatic heterocycles. The fourth-order valence-corrected chi connectivity index (χ4v) is 4.63. The van der Waals surface area contributed by atoms with Crippen LogP contribution in [0, 0.1) is 16.7 Å². The predicted octanol–water partition coefficient (Wildman–Crippen LogP) is 5.91. The van der Waals surface area contributed by atoms with Gasteiger partial charge in [-0.15, -0.1) is 0 Å². The Bertz CT molecular complexity index is 942. The molecule has 2 aromatic carbocycles. The van der Waals surface area contributed by atoms with Crippen LogP contribution in [0.2, 0.25) is 5.02 Å². The topological polar surface area (TPSA) is 44.2 Å². The highest BCUT2D eigenvalue weighted by atomic mass is 35.5. The van der Waals surface area contributed by atoms with Crippen molar-refractivity contribution in [1.82, 2.24) is 4.90 Å². The van der Waals surface area contributed by atoms with Crippen LogP contribution < -0.4 is 0 Å². The van der Waals surface area contributed by atoms with Gasteiger partial charge >= 0.3 is 0 Å². The van der Waals surface area contributed by atoms with Crippen molar-refractivity contribution < 1.29 is 4.79 Å². The summed E-state index contributed by atoms with van der Waals surface area (Å²) in [5, 5.41) is 9.28. The Morgan fingerprint density at radius 2 is 1.75 bits per heavy atom. The summed E-state index contributed by atoms with van der Waals surface area (Å²) in [4.78, 5) is 15.4. The van der Waals surface area contributed by atoms with Gasteiger partial charge in [0.2, 0.25) is 5.91 Å². The number of nitrogens with one attached hydrogen (secondary N) is 1. The molecule has 4 rings (SSSR count). The van der Waals surface area contributed by atoms with E-state index in [0.29, 0.717) is 29.7 Å². The van der Waals surface area contributed by atoms with Gasteiger partial charge in [-0.3, -0.25) is 15.1 Å². The van der Waals surface area contributed by atoms with Crippen molar-refractivity contribution in [2.75, 3.05) is 6.54 Å². The van der Waals surface area contributed by atoms with Crippen LogP contribution >= 0.6 is 11.6 Å². The van der Waals surface area contributed by atoms with E-state index in [1.54, 1.807) is 4.90 Å². The molecule has 1 saturated carbocycles. The van der Waals surface area contributed by atoms with Gasteiger partial charge in [-0.2, -0.15) is 0 Å². The van der Waals surface area contributed by atoms with Crippen LogP contribution in [0.3, 0.4) is 0 Å². The number of rotatable bonds is 4. The van der Waals surface area contributed by atoms with Crippen LogP contribution in [0.5, 0.6) is 0 Å². The maximum absolute atomic E-state index is 13.7. The fourth-order valence-electron chi connectivity index (χ4n) is 4.44. The summed E-state index contributed by atoms with van der Waals surface area (Å²) >= 11 is 6.18. The first-order valence-electron chi connectivity index (χ1n) is 9.97. The maximum atomic E-state index is 13.7. The molecule has 0 radical (unpaired) electrons. The van der Waals surface area contributed by atoms with E-state index in [9.17, 15) is 4.79 Å². The lowest BCUT2D eigenvalue weighted by Gasteiger charge is -2.31. The van der Waals surface area contributed by atoms with Crippen molar-refractivity contribution in [3.63, 3.8) is 0 Å². The van der Waals surface area contributed by atoms with Crippen molar-refractivity contribution in [2.24, 2.45) is 11.3 Å². The highest BCUT2D eigenvalue weighted by molar-refractivity contribution is 6.30. The number of hydrogen-bond donors (Lipinski definition) is 1. The maximum Gasteiger partial charge on any atom is 0.239 e. The molecular weight excluding hydrogens is 368 g/mol. The number of carbonyl (C=O) groups is 1. The van der Waals surface area contributed by atoms with E-state index in [0.717, 1.165) is 29.5 Å². The first-order chi connectivity index (χ1) is 13.2. The molecule has 2 fully saturated rings. The smallest absolute Gasteiger partial charge is 0.239 e. The molecule has 1 atom stereocenters. The van der Waals surface area contributed by atoms with Gasteiger partial charge in [0, 0.05) is 18.0 Å². The summed E-state index contributed by atoms with van der Waals surface area (Å²) in [6.45, 7) is 6.94. The van der Waals surface area contributed by atoms with E-state index in [-0.39, 0.29) is 11.3 Å². The number of amidine groups is 1. The number of hydrogen-bond acceptors (Lipinski definition) is 2. The number of halogens is 1. The van der Waals surface area contributed by atoms with Gasteiger partial charge in [0.15, 0.2) is 0 Å². The molecule has 3 nitrogen and oxygen atoms in total. The molecule has 2 aromatic rings. The van der Waals surface area contributed by atoms with Gasteiger partial charge in [-0.1, -0.05) is 68.8 Å². The van der Waals surface area contributed by atoms with Crippen molar-refractivity contribution in [3.05, 3.63) is 59.1 Å². The molecule has 0 aromatic heterocycles. The predicted molar refractivity (Wildman–Crippen MR) is 115 cm³/mol. The second kappa shape index (κ2) is 6.73. The van der Waals surface area contributed by atoms with Crippen LogP contribution in [0.1, 0.15) is 45.6 Å². The Morgan fingerprint density at radius 3 is 2.36 bits per heavy atom. The third-order valence-electron chi connectivity index (χ3n) is 5.84. The molecule has 146 valence electrons. The van der Waals surface area contributed by atoms with Crippen molar-refractivity contribution >= 4 is 23.3 Å². The average molecular weight is 395 g/mol. The van der Waals surface area contributed by atoms with E-state index in [4.69, 9.17) is 17.0 Å². The minimum absolute atomic E-state index is 0.0375. The van der Waals surface area contributed by atoms with E-state index in [2.05, 4.69) is 39.0 Å². The SMILES string of the molecule is CC(C)(C)CN1C(=N)CC(c2cccc(-c3cccc(Cl)c3)c2)(C2CC2)C1=O. The summed E-state index contributed by atoms with van der Waals surface area (Å²) in [5.74, 6) is 0.901. The molecule has 0 bridgehead atoms. The fraction of sp³-hybridized carbons (Fsp3) is 0.417. The first kappa shape index (κ1) is 19.2. The molecule has 1 unspecified atom stereocenters. The summed E-state index contributed by atoms with van der Waals surface area (Å²) < 4.78 is 0.